The monoisotopic (exact) mass is 247 g/mol. The van der Waals surface area contributed by atoms with Gasteiger partial charge in [0.2, 0.25) is 0 Å². The fourth-order valence-corrected chi connectivity index (χ4v) is 2.33. The lowest BCUT2D eigenvalue weighted by Crippen LogP contribution is -2.52. The van der Waals surface area contributed by atoms with Crippen molar-refractivity contribution in [1.29, 1.82) is 0 Å². The number of rotatable bonds is 5. The van der Waals surface area contributed by atoms with Gasteiger partial charge in [-0.15, -0.1) is 0 Å². The maximum Gasteiger partial charge on any atom is 0.251 e. The highest BCUT2D eigenvalue weighted by atomic mass is 16.1. The molecule has 0 bridgehead atoms. The number of nitrogens with zero attached hydrogens (tertiary/aromatic N) is 1. The molecule has 18 heavy (non-hydrogen) atoms. The molecule has 0 aliphatic heterocycles. The number of nitrogens with one attached hydrogen (secondary N) is 2. The molecule has 4 nitrogen and oxygen atoms in total. The van der Waals surface area contributed by atoms with Crippen molar-refractivity contribution in [3.63, 3.8) is 0 Å². The molecule has 1 aromatic heterocycles. The molecular weight excluding hydrogens is 226 g/mol. The quantitative estimate of drug-likeness (QED) is 0.840. The van der Waals surface area contributed by atoms with Gasteiger partial charge in [0, 0.05) is 23.8 Å². The minimum atomic E-state index is 0.0121. The third kappa shape index (κ3) is 2.63. The van der Waals surface area contributed by atoms with Gasteiger partial charge in [0.25, 0.3) is 5.91 Å². The van der Waals surface area contributed by atoms with E-state index in [1.54, 1.807) is 18.3 Å². The molecule has 1 aliphatic carbocycles. The molecule has 2 rings (SSSR count). The molecule has 0 unspecified atom stereocenters. The van der Waals surface area contributed by atoms with E-state index in [0.717, 1.165) is 31.6 Å². The Labute approximate surface area is 108 Å². The Morgan fingerprint density at radius 1 is 1.44 bits per heavy atom. The lowest BCUT2D eigenvalue weighted by Gasteiger charge is -2.42. The molecule has 1 fully saturated rings. The highest BCUT2D eigenvalue weighted by Gasteiger charge is 2.36. The molecule has 1 aromatic rings. The molecule has 2 N–H and O–H groups in total. The van der Waals surface area contributed by atoms with Crippen molar-refractivity contribution in [1.82, 2.24) is 10.3 Å². The molecule has 1 aliphatic rings. The van der Waals surface area contributed by atoms with E-state index in [4.69, 9.17) is 0 Å². The second-order valence-electron chi connectivity index (χ2n) is 4.90. The maximum absolute atomic E-state index is 12.2. The summed E-state index contributed by atoms with van der Waals surface area (Å²) in [5.41, 5.74) is 0.722. The van der Waals surface area contributed by atoms with Crippen LogP contribution in [0.25, 0.3) is 0 Å². The molecule has 1 amide bonds. The fourth-order valence-electron chi connectivity index (χ4n) is 2.33. The summed E-state index contributed by atoms with van der Waals surface area (Å²) in [5.74, 6) is 0.766. The van der Waals surface area contributed by atoms with Crippen molar-refractivity contribution in [2.45, 2.75) is 45.1 Å². The molecule has 0 atom stereocenters. The summed E-state index contributed by atoms with van der Waals surface area (Å²) in [4.78, 5) is 16.4. The average molecular weight is 247 g/mol. The normalized spacial score (nSPS) is 16.8. The minimum absolute atomic E-state index is 0.0121. The number of pyridine rings is 1. The van der Waals surface area contributed by atoms with Crippen LogP contribution in [0.15, 0.2) is 18.3 Å². The van der Waals surface area contributed by atoms with Crippen LogP contribution in [-0.4, -0.2) is 23.0 Å². The van der Waals surface area contributed by atoms with Gasteiger partial charge in [-0.1, -0.05) is 6.92 Å². The van der Waals surface area contributed by atoms with Crippen molar-refractivity contribution in [2.24, 2.45) is 0 Å². The predicted octanol–water partition coefficient (Wildman–Crippen LogP) is 2.58. The minimum Gasteiger partial charge on any atom is -0.370 e. The second kappa shape index (κ2) is 5.38. The summed E-state index contributed by atoms with van der Waals surface area (Å²) < 4.78 is 0. The molecule has 4 heteroatoms. The highest BCUT2D eigenvalue weighted by Crippen LogP contribution is 2.34. The van der Waals surface area contributed by atoms with Crippen LogP contribution in [0.4, 0.5) is 5.82 Å². The van der Waals surface area contributed by atoms with Gasteiger partial charge in [0.15, 0.2) is 0 Å². The maximum atomic E-state index is 12.2. The molecule has 1 heterocycles. The van der Waals surface area contributed by atoms with E-state index in [9.17, 15) is 4.79 Å². The molecule has 0 spiro atoms. The zero-order chi connectivity index (χ0) is 13.0. The Bertz CT molecular complexity index is 421. The molecule has 98 valence electrons. The number of carbonyl (C=O) groups excluding carboxylic acids is 1. The van der Waals surface area contributed by atoms with Crippen molar-refractivity contribution >= 4 is 11.7 Å². The van der Waals surface area contributed by atoms with Crippen LogP contribution in [0.1, 0.15) is 49.9 Å². The SMILES string of the molecule is CCNc1cc(C(=O)NC2(CC)CCC2)ccn1. The highest BCUT2D eigenvalue weighted by molar-refractivity contribution is 5.95. The van der Waals surface area contributed by atoms with Gasteiger partial charge in [0.05, 0.1) is 0 Å². The van der Waals surface area contributed by atoms with E-state index >= 15 is 0 Å². The predicted molar refractivity (Wildman–Crippen MR) is 72.7 cm³/mol. The molecule has 0 radical (unpaired) electrons. The van der Waals surface area contributed by atoms with Crippen molar-refractivity contribution in [3.05, 3.63) is 23.9 Å². The van der Waals surface area contributed by atoms with Gasteiger partial charge in [-0.05, 0) is 44.7 Å². The van der Waals surface area contributed by atoms with Gasteiger partial charge < -0.3 is 10.6 Å². The first kappa shape index (κ1) is 12.9. The summed E-state index contributed by atoms with van der Waals surface area (Å²) in [7, 11) is 0. The Kier molecular flexibility index (Phi) is 3.84. The van der Waals surface area contributed by atoms with E-state index in [1.165, 1.54) is 6.42 Å². The van der Waals surface area contributed by atoms with Gasteiger partial charge in [-0.2, -0.15) is 0 Å². The smallest absolute Gasteiger partial charge is 0.251 e. The number of aromatic nitrogens is 1. The van der Waals surface area contributed by atoms with E-state index < -0.39 is 0 Å². The van der Waals surface area contributed by atoms with Crippen LogP contribution in [-0.2, 0) is 0 Å². The average Bonchev–Trinajstić information content (AvgIpc) is 2.34. The van der Waals surface area contributed by atoms with Crippen LogP contribution < -0.4 is 10.6 Å². The van der Waals surface area contributed by atoms with Crippen LogP contribution in [0, 0.1) is 0 Å². The van der Waals surface area contributed by atoms with Crippen molar-refractivity contribution in [3.8, 4) is 0 Å². The third-order valence-electron chi connectivity index (χ3n) is 3.75. The molecule has 1 saturated carbocycles. The van der Waals surface area contributed by atoms with E-state index in [2.05, 4.69) is 22.5 Å². The molecule has 0 saturated heterocycles. The molecule has 0 aromatic carbocycles. The van der Waals surface area contributed by atoms with Gasteiger partial charge in [-0.3, -0.25) is 4.79 Å². The lowest BCUT2D eigenvalue weighted by atomic mass is 9.74. The van der Waals surface area contributed by atoms with E-state index in [0.29, 0.717) is 5.56 Å². The largest absolute Gasteiger partial charge is 0.370 e. The summed E-state index contributed by atoms with van der Waals surface area (Å²) in [6.45, 7) is 4.95. The van der Waals surface area contributed by atoms with Crippen LogP contribution in [0.3, 0.4) is 0 Å². The Hall–Kier alpha value is -1.58. The summed E-state index contributed by atoms with van der Waals surface area (Å²) >= 11 is 0. The van der Waals surface area contributed by atoms with Gasteiger partial charge in [0.1, 0.15) is 5.82 Å². The lowest BCUT2D eigenvalue weighted by molar-refractivity contribution is 0.0820. The number of carbonyl (C=O) groups is 1. The summed E-state index contributed by atoms with van der Waals surface area (Å²) in [6, 6.07) is 3.57. The first-order valence-corrected chi connectivity index (χ1v) is 6.71. The molecular formula is C14H21N3O. The first-order chi connectivity index (χ1) is 8.69. The van der Waals surface area contributed by atoms with Crippen LogP contribution in [0.5, 0.6) is 0 Å². The zero-order valence-corrected chi connectivity index (χ0v) is 11.1. The third-order valence-corrected chi connectivity index (χ3v) is 3.75. The van der Waals surface area contributed by atoms with Gasteiger partial charge in [-0.25, -0.2) is 4.98 Å². The Balaban J connectivity index is 2.06. The number of amides is 1. The fraction of sp³-hybridized carbons (Fsp3) is 0.571. The van der Waals surface area contributed by atoms with Gasteiger partial charge >= 0.3 is 0 Å². The van der Waals surface area contributed by atoms with E-state index in [1.807, 2.05) is 6.92 Å². The van der Waals surface area contributed by atoms with Crippen molar-refractivity contribution in [2.75, 3.05) is 11.9 Å². The summed E-state index contributed by atoms with van der Waals surface area (Å²) in [5, 5.41) is 6.29. The Morgan fingerprint density at radius 3 is 2.78 bits per heavy atom. The zero-order valence-electron chi connectivity index (χ0n) is 11.1. The first-order valence-electron chi connectivity index (χ1n) is 6.71. The Morgan fingerprint density at radius 2 is 2.22 bits per heavy atom. The van der Waals surface area contributed by atoms with Crippen molar-refractivity contribution < 1.29 is 4.79 Å². The standard InChI is InChI=1S/C14H21N3O/c1-3-14(7-5-8-14)17-13(18)11-6-9-16-12(10-11)15-4-2/h6,9-10H,3-5,7-8H2,1-2H3,(H,15,16)(H,17,18). The number of hydrogen-bond acceptors (Lipinski definition) is 3. The number of hydrogen-bond donors (Lipinski definition) is 2. The summed E-state index contributed by atoms with van der Waals surface area (Å²) in [6.07, 6.45) is 6.09. The second-order valence-corrected chi connectivity index (χ2v) is 4.90. The number of anilines is 1. The van der Waals surface area contributed by atoms with Crippen LogP contribution in [0.2, 0.25) is 0 Å². The topological polar surface area (TPSA) is 54.0 Å². The van der Waals surface area contributed by atoms with E-state index in [-0.39, 0.29) is 11.4 Å². The van der Waals surface area contributed by atoms with Crippen LogP contribution >= 0.6 is 0 Å².